The number of aromatic nitrogens is 2. The minimum absolute atomic E-state index is 0.559. The van der Waals surface area contributed by atoms with Gasteiger partial charge in [-0.25, -0.2) is 4.98 Å². The highest BCUT2D eigenvalue weighted by molar-refractivity contribution is 5.76. The quantitative estimate of drug-likeness (QED) is 0.449. The first-order valence-corrected chi connectivity index (χ1v) is 10.7. The van der Waals surface area contributed by atoms with E-state index in [1.165, 1.54) is 49.0 Å². The predicted molar refractivity (Wildman–Crippen MR) is 118 cm³/mol. The Balaban J connectivity index is 1.53. The maximum atomic E-state index is 6.13. The Morgan fingerprint density at radius 2 is 1.93 bits per heavy atom. The lowest BCUT2D eigenvalue weighted by atomic mass is 9.88. The molecule has 4 rings (SSSR count). The van der Waals surface area contributed by atoms with Gasteiger partial charge in [-0.1, -0.05) is 43.5 Å². The summed E-state index contributed by atoms with van der Waals surface area (Å²) in [6.07, 6.45) is 9.15. The average Bonchev–Trinajstić information content (AvgIpc) is 3.14. The summed E-state index contributed by atoms with van der Waals surface area (Å²) < 4.78 is 14.0. The third-order valence-electron chi connectivity index (χ3n) is 5.83. The molecule has 0 atom stereocenters. The van der Waals surface area contributed by atoms with E-state index in [1.807, 2.05) is 18.2 Å². The molecule has 1 heterocycles. The Labute approximate surface area is 173 Å². The summed E-state index contributed by atoms with van der Waals surface area (Å²) in [6, 6.07) is 14.5. The van der Waals surface area contributed by atoms with Crippen molar-refractivity contribution >= 4 is 11.0 Å². The number of hydrogen-bond acceptors (Lipinski definition) is 3. The third-order valence-corrected chi connectivity index (χ3v) is 5.83. The lowest BCUT2D eigenvalue weighted by Crippen LogP contribution is -2.16. The summed E-state index contributed by atoms with van der Waals surface area (Å²) in [7, 11) is 1.68. The highest BCUT2D eigenvalue weighted by atomic mass is 16.5. The lowest BCUT2D eigenvalue weighted by molar-refractivity contribution is 0.277. The molecule has 1 aromatic heterocycles. The fourth-order valence-corrected chi connectivity index (χ4v) is 4.37. The van der Waals surface area contributed by atoms with Gasteiger partial charge in [0.25, 0.3) is 0 Å². The minimum atomic E-state index is 0.559. The molecule has 0 N–H and O–H groups in total. The molecule has 2 aromatic carbocycles. The van der Waals surface area contributed by atoms with Crippen molar-refractivity contribution in [2.45, 2.75) is 51.0 Å². The average molecular weight is 391 g/mol. The monoisotopic (exact) mass is 390 g/mol. The number of fused-ring (bicyclic) bond motifs is 1. The van der Waals surface area contributed by atoms with Crippen molar-refractivity contribution in [2.24, 2.45) is 0 Å². The summed E-state index contributed by atoms with van der Waals surface area (Å²) in [4.78, 5) is 5.00. The number of imidazole rings is 1. The Bertz CT molecular complexity index is 970. The molecule has 0 unspecified atom stereocenters. The summed E-state index contributed by atoms with van der Waals surface area (Å²) in [5.41, 5.74) is 3.45. The van der Waals surface area contributed by atoms with Gasteiger partial charge < -0.3 is 14.0 Å². The van der Waals surface area contributed by atoms with Crippen molar-refractivity contribution in [1.82, 2.24) is 9.55 Å². The van der Waals surface area contributed by atoms with E-state index in [2.05, 4.69) is 41.5 Å². The maximum absolute atomic E-state index is 6.13. The van der Waals surface area contributed by atoms with Crippen LogP contribution in [0.15, 0.2) is 55.1 Å². The second kappa shape index (κ2) is 9.17. The fourth-order valence-electron chi connectivity index (χ4n) is 4.37. The van der Waals surface area contributed by atoms with E-state index in [9.17, 15) is 0 Å². The number of allylic oxidation sites excluding steroid dienone is 1. The van der Waals surface area contributed by atoms with Crippen molar-refractivity contribution in [3.63, 3.8) is 0 Å². The molecule has 1 fully saturated rings. The van der Waals surface area contributed by atoms with Crippen LogP contribution in [0.5, 0.6) is 11.5 Å². The van der Waals surface area contributed by atoms with Crippen LogP contribution in [0.4, 0.5) is 0 Å². The molecule has 0 bridgehead atoms. The van der Waals surface area contributed by atoms with Crippen molar-refractivity contribution in [3.05, 3.63) is 66.5 Å². The number of rotatable bonds is 8. The molecule has 0 radical (unpaired) electrons. The van der Waals surface area contributed by atoms with Crippen molar-refractivity contribution in [2.75, 3.05) is 13.7 Å². The van der Waals surface area contributed by atoms with Crippen molar-refractivity contribution in [3.8, 4) is 11.5 Å². The Morgan fingerprint density at radius 1 is 1.10 bits per heavy atom. The molecule has 1 aliphatic rings. The van der Waals surface area contributed by atoms with E-state index < -0.39 is 0 Å². The van der Waals surface area contributed by atoms with Gasteiger partial charge in [-0.05, 0) is 49.1 Å². The molecule has 0 saturated heterocycles. The maximum Gasteiger partial charge on any atom is 0.161 e. The van der Waals surface area contributed by atoms with Crippen molar-refractivity contribution < 1.29 is 9.47 Å². The van der Waals surface area contributed by atoms with Crippen LogP contribution in [0, 0.1) is 0 Å². The molecule has 4 heteroatoms. The van der Waals surface area contributed by atoms with Gasteiger partial charge in [-0.15, -0.1) is 6.58 Å². The first-order valence-electron chi connectivity index (χ1n) is 10.7. The Hall–Kier alpha value is -2.75. The number of para-hydroxylation sites is 2. The molecule has 1 aliphatic carbocycles. The predicted octanol–water partition coefficient (Wildman–Crippen LogP) is 5.90. The number of benzene rings is 2. The molecular formula is C25H30N2O2. The van der Waals surface area contributed by atoms with Crippen LogP contribution < -0.4 is 9.47 Å². The smallest absolute Gasteiger partial charge is 0.161 e. The molecule has 0 amide bonds. The van der Waals surface area contributed by atoms with E-state index in [0.29, 0.717) is 12.5 Å². The molecule has 0 aliphatic heterocycles. The highest BCUT2D eigenvalue weighted by Gasteiger charge is 2.22. The van der Waals surface area contributed by atoms with Gasteiger partial charge in [-0.3, -0.25) is 0 Å². The molecule has 0 spiro atoms. The first kappa shape index (κ1) is 19.6. The number of hydrogen-bond donors (Lipinski definition) is 0. The zero-order valence-electron chi connectivity index (χ0n) is 17.3. The van der Waals surface area contributed by atoms with Gasteiger partial charge in [0.05, 0.1) is 24.7 Å². The fraction of sp³-hybridized carbons (Fsp3) is 0.400. The van der Waals surface area contributed by atoms with E-state index in [1.54, 1.807) is 7.11 Å². The van der Waals surface area contributed by atoms with Gasteiger partial charge in [0.2, 0.25) is 0 Å². The molecular weight excluding hydrogens is 360 g/mol. The molecule has 1 saturated carbocycles. The van der Waals surface area contributed by atoms with Crippen molar-refractivity contribution in [1.29, 1.82) is 0 Å². The van der Waals surface area contributed by atoms with Crippen LogP contribution in [-0.2, 0) is 13.0 Å². The van der Waals surface area contributed by atoms with Crippen LogP contribution in [0.3, 0.4) is 0 Å². The van der Waals surface area contributed by atoms with Crippen LogP contribution >= 0.6 is 0 Å². The van der Waals surface area contributed by atoms with Gasteiger partial charge in [0, 0.05) is 5.92 Å². The van der Waals surface area contributed by atoms with E-state index in [4.69, 9.17) is 14.5 Å². The van der Waals surface area contributed by atoms with Gasteiger partial charge in [-0.2, -0.15) is 0 Å². The van der Waals surface area contributed by atoms with Gasteiger partial charge >= 0.3 is 0 Å². The molecule has 3 aromatic rings. The second-order valence-electron chi connectivity index (χ2n) is 7.77. The number of methoxy groups -OCH3 is 1. The van der Waals surface area contributed by atoms with E-state index >= 15 is 0 Å². The largest absolute Gasteiger partial charge is 0.493 e. The van der Waals surface area contributed by atoms with Crippen LogP contribution in [0.1, 0.15) is 49.4 Å². The standard InChI is InChI=1S/C25H30N2O2/c1-3-9-19-14-15-23(24(18-19)28-2)29-17-16-27-22-13-8-7-12-21(22)26-25(27)20-10-5-4-6-11-20/h3,7-8,12-15,18,20H,1,4-6,9-11,16-17H2,2H3. The molecule has 29 heavy (non-hydrogen) atoms. The summed E-state index contributed by atoms with van der Waals surface area (Å²) in [5, 5.41) is 0. The Morgan fingerprint density at radius 3 is 2.72 bits per heavy atom. The van der Waals surface area contributed by atoms with Crippen LogP contribution in [0.25, 0.3) is 11.0 Å². The molecule has 152 valence electrons. The lowest BCUT2D eigenvalue weighted by Gasteiger charge is -2.22. The number of ether oxygens (including phenoxy) is 2. The summed E-state index contributed by atoms with van der Waals surface area (Å²) in [5.74, 6) is 3.34. The third kappa shape index (κ3) is 4.31. The SMILES string of the molecule is C=CCc1ccc(OCCn2c(C3CCCCC3)nc3ccccc32)c(OC)c1. The first-order chi connectivity index (χ1) is 14.3. The zero-order valence-corrected chi connectivity index (χ0v) is 17.3. The minimum Gasteiger partial charge on any atom is -0.493 e. The Kier molecular flexibility index (Phi) is 6.18. The van der Waals surface area contributed by atoms with E-state index in [-0.39, 0.29) is 0 Å². The van der Waals surface area contributed by atoms with E-state index in [0.717, 1.165) is 30.0 Å². The topological polar surface area (TPSA) is 36.3 Å². The normalized spacial score (nSPS) is 14.8. The van der Waals surface area contributed by atoms with Gasteiger partial charge in [0.1, 0.15) is 12.4 Å². The summed E-state index contributed by atoms with van der Waals surface area (Å²) in [6.45, 7) is 5.17. The van der Waals surface area contributed by atoms with Gasteiger partial charge in [0.15, 0.2) is 11.5 Å². The second-order valence-corrected chi connectivity index (χ2v) is 7.77. The van der Waals surface area contributed by atoms with Crippen LogP contribution in [0.2, 0.25) is 0 Å². The highest BCUT2D eigenvalue weighted by Crippen LogP contribution is 2.34. The molecule has 4 nitrogen and oxygen atoms in total. The summed E-state index contributed by atoms with van der Waals surface area (Å²) >= 11 is 0. The zero-order chi connectivity index (χ0) is 20.1. The van der Waals surface area contributed by atoms with Crippen LogP contribution in [-0.4, -0.2) is 23.3 Å². The number of nitrogens with zero attached hydrogens (tertiary/aromatic N) is 2.